The van der Waals surface area contributed by atoms with Crippen molar-refractivity contribution >= 4 is 23.3 Å². The molecule has 3 amide bonds. The highest BCUT2D eigenvalue weighted by molar-refractivity contribution is 6.02. The first-order chi connectivity index (χ1) is 13.7. The zero-order chi connectivity index (χ0) is 21.0. The topological polar surface area (TPSA) is 64.7 Å². The number of urea groups is 1. The largest absolute Gasteiger partial charge is 0.371 e. The van der Waals surface area contributed by atoms with Gasteiger partial charge in [0.05, 0.1) is 5.56 Å². The summed E-state index contributed by atoms with van der Waals surface area (Å²) in [6.07, 6.45) is 5.61. The first-order valence-corrected chi connectivity index (χ1v) is 11.0. The maximum Gasteiger partial charge on any atom is 0.319 e. The summed E-state index contributed by atoms with van der Waals surface area (Å²) in [5, 5.41) is 5.80. The molecule has 0 spiro atoms. The van der Waals surface area contributed by atoms with E-state index in [1.165, 1.54) is 6.42 Å². The Morgan fingerprint density at radius 1 is 1.00 bits per heavy atom. The SMILES string of the molecule is CC1CCN(c2ccc(NC(=O)NC(C)(C)C)cc2C(=O)N2CCCCC2)CC1. The van der Waals surface area contributed by atoms with E-state index in [1.54, 1.807) is 0 Å². The van der Waals surface area contributed by atoms with Crippen LogP contribution in [0.2, 0.25) is 0 Å². The summed E-state index contributed by atoms with van der Waals surface area (Å²) in [5.74, 6) is 0.813. The Morgan fingerprint density at radius 2 is 1.66 bits per heavy atom. The fraction of sp³-hybridized carbons (Fsp3) is 0.652. The van der Waals surface area contributed by atoms with Crippen LogP contribution in [0.1, 0.15) is 70.2 Å². The van der Waals surface area contributed by atoms with E-state index >= 15 is 0 Å². The summed E-state index contributed by atoms with van der Waals surface area (Å²) in [5.41, 5.74) is 2.03. The number of piperidine rings is 2. The fourth-order valence-electron chi connectivity index (χ4n) is 4.08. The number of nitrogens with one attached hydrogen (secondary N) is 2. The minimum absolute atomic E-state index is 0.0817. The molecule has 6 heteroatoms. The van der Waals surface area contributed by atoms with Crippen LogP contribution in [0.15, 0.2) is 18.2 Å². The van der Waals surface area contributed by atoms with Crippen molar-refractivity contribution in [1.29, 1.82) is 0 Å². The van der Waals surface area contributed by atoms with Crippen LogP contribution in [-0.2, 0) is 0 Å². The number of rotatable bonds is 3. The molecule has 3 rings (SSSR count). The summed E-state index contributed by atoms with van der Waals surface area (Å²) in [6, 6.07) is 5.50. The second-order valence-corrected chi connectivity index (χ2v) is 9.58. The number of nitrogens with zero attached hydrogens (tertiary/aromatic N) is 2. The van der Waals surface area contributed by atoms with Gasteiger partial charge in [0.15, 0.2) is 0 Å². The Bertz CT molecular complexity index is 727. The number of anilines is 2. The molecule has 0 bridgehead atoms. The van der Waals surface area contributed by atoms with Crippen molar-refractivity contribution in [1.82, 2.24) is 10.2 Å². The lowest BCUT2D eigenvalue weighted by atomic mass is 9.97. The molecule has 0 saturated carbocycles. The molecular formula is C23H36N4O2. The smallest absolute Gasteiger partial charge is 0.319 e. The van der Waals surface area contributed by atoms with Crippen LogP contribution in [0.25, 0.3) is 0 Å². The summed E-state index contributed by atoms with van der Waals surface area (Å²) in [4.78, 5) is 30.0. The van der Waals surface area contributed by atoms with Crippen molar-refractivity contribution < 1.29 is 9.59 Å². The Morgan fingerprint density at radius 3 is 2.28 bits per heavy atom. The minimum atomic E-state index is -0.318. The van der Waals surface area contributed by atoms with Crippen molar-refractivity contribution in [2.75, 3.05) is 36.4 Å². The summed E-state index contributed by atoms with van der Waals surface area (Å²) >= 11 is 0. The highest BCUT2D eigenvalue weighted by atomic mass is 16.2. The maximum atomic E-state index is 13.4. The van der Waals surface area contributed by atoms with Gasteiger partial charge in [-0.1, -0.05) is 6.92 Å². The number of carbonyl (C=O) groups excluding carboxylic acids is 2. The predicted molar refractivity (Wildman–Crippen MR) is 119 cm³/mol. The van der Waals surface area contributed by atoms with Crippen molar-refractivity contribution in [3.8, 4) is 0 Å². The molecular weight excluding hydrogens is 364 g/mol. The maximum absolute atomic E-state index is 13.4. The second-order valence-electron chi connectivity index (χ2n) is 9.58. The second kappa shape index (κ2) is 9.06. The zero-order valence-electron chi connectivity index (χ0n) is 18.4. The standard InChI is InChI=1S/C23H36N4O2/c1-17-10-14-26(15-11-17)20-9-8-18(24-22(29)25-23(2,3)4)16-19(20)21(28)27-12-6-5-7-13-27/h8-9,16-17H,5-7,10-15H2,1-4H3,(H2,24,25,29). The van der Waals surface area contributed by atoms with E-state index in [4.69, 9.17) is 0 Å². The Hall–Kier alpha value is -2.24. The van der Waals surface area contributed by atoms with Gasteiger partial charge in [0.25, 0.3) is 5.91 Å². The molecule has 6 nitrogen and oxygen atoms in total. The van der Waals surface area contributed by atoms with Gasteiger partial charge in [-0.2, -0.15) is 0 Å². The van der Waals surface area contributed by atoms with E-state index in [9.17, 15) is 9.59 Å². The van der Waals surface area contributed by atoms with Crippen molar-refractivity contribution in [2.24, 2.45) is 5.92 Å². The Balaban J connectivity index is 1.85. The van der Waals surface area contributed by atoms with Crippen LogP contribution < -0.4 is 15.5 Å². The minimum Gasteiger partial charge on any atom is -0.371 e. The zero-order valence-corrected chi connectivity index (χ0v) is 18.4. The third-order valence-corrected chi connectivity index (χ3v) is 5.74. The third kappa shape index (κ3) is 5.87. The van der Waals surface area contributed by atoms with Gasteiger partial charge in [0.2, 0.25) is 0 Å². The summed E-state index contributed by atoms with van der Waals surface area (Å²) < 4.78 is 0. The van der Waals surface area contributed by atoms with Gasteiger partial charge < -0.3 is 20.4 Å². The van der Waals surface area contributed by atoms with Crippen LogP contribution in [0.3, 0.4) is 0 Å². The van der Waals surface area contributed by atoms with Gasteiger partial charge in [-0.3, -0.25) is 4.79 Å². The van der Waals surface area contributed by atoms with Gasteiger partial charge in [-0.25, -0.2) is 4.79 Å². The van der Waals surface area contributed by atoms with Crippen molar-refractivity contribution in [3.63, 3.8) is 0 Å². The van der Waals surface area contributed by atoms with Gasteiger partial charge in [-0.05, 0) is 77.0 Å². The molecule has 1 aromatic carbocycles. The van der Waals surface area contributed by atoms with E-state index in [-0.39, 0.29) is 17.5 Å². The Kier molecular flexibility index (Phi) is 6.70. The summed E-state index contributed by atoms with van der Waals surface area (Å²) in [6.45, 7) is 11.7. The number of hydrogen-bond acceptors (Lipinski definition) is 3. The average molecular weight is 401 g/mol. The van der Waals surface area contributed by atoms with Gasteiger partial charge >= 0.3 is 6.03 Å². The lowest BCUT2D eigenvalue weighted by Gasteiger charge is -2.35. The number of benzene rings is 1. The molecule has 29 heavy (non-hydrogen) atoms. The van der Waals surface area contributed by atoms with E-state index in [0.717, 1.165) is 63.5 Å². The monoisotopic (exact) mass is 400 g/mol. The highest BCUT2D eigenvalue weighted by Crippen LogP contribution is 2.30. The quantitative estimate of drug-likeness (QED) is 0.787. The molecule has 0 unspecified atom stereocenters. The van der Waals surface area contributed by atoms with Crippen LogP contribution in [-0.4, -0.2) is 48.6 Å². The van der Waals surface area contributed by atoms with E-state index in [1.807, 2.05) is 43.9 Å². The molecule has 2 aliphatic rings. The molecule has 160 valence electrons. The normalized spacial score (nSPS) is 18.5. The molecule has 2 heterocycles. The first-order valence-electron chi connectivity index (χ1n) is 11.0. The number of carbonyl (C=O) groups is 2. The van der Waals surface area contributed by atoms with Crippen molar-refractivity contribution in [3.05, 3.63) is 23.8 Å². The molecule has 2 fully saturated rings. The van der Waals surface area contributed by atoms with Crippen LogP contribution in [0.4, 0.5) is 16.2 Å². The Labute approximate surface area is 175 Å². The van der Waals surface area contributed by atoms with Crippen LogP contribution in [0.5, 0.6) is 0 Å². The predicted octanol–water partition coefficient (Wildman–Crippen LogP) is 4.47. The van der Waals surface area contributed by atoms with Gasteiger partial charge in [0, 0.05) is 43.1 Å². The lowest BCUT2D eigenvalue weighted by molar-refractivity contribution is 0.0725. The van der Waals surface area contributed by atoms with E-state index in [2.05, 4.69) is 22.5 Å². The van der Waals surface area contributed by atoms with Gasteiger partial charge in [-0.15, -0.1) is 0 Å². The average Bonchev–Trinajstić information content (AvgIpc) is 2.67. The fourth-order valence-corrected chi connectivity index (χ4v) is 4.08. The molecule has 1 aromatic rings. The number of hydrogen-bond donors (Lipinski definition) is 2. The highest BCUT2D eigenvalue weighted by Gasteiger charge is 2.26. The molecule has 2 aliphatic heterocycles. The molecule has 0 aromatic heterocycles. The van der Waals surface area contributed by atoms with Crippen LogP contribution in [0, 0.1) is 5.92 Å². The number of amides is 3. The molecule has 0 radical (unpaired) electrons. The molecule has 2 N–H and O–H groups in total. The van der Waals surface area contributed by atoms with Crippen LogP contribution >= 0.6 is 0 Å². The molecule has 0 aliphatic carbocycles. The first kappa shape index (κ1) is 21.5. The lowest BCUT2D eigenvalue weighted by Crippen LogP contribution is -2.43. The number of likely N-dealkylation sites (tertiary alicyclic amines) is 1. The molecule has 0 atom stereocenters. The molecule has 2 saturated heterocycles. The van der Waals surface area contributed by atoms with E-state index in [0.29, 0.717) is 11.3 Å². The van der Waals surface area contributed by atoms with Gasteiger partial charge in [0.1, 0.15) is 0 Å². The summed E-state index contributed by atoms with van der Waals surface area (Å²) in [7, 11) is 0. The third-order valence-electron chi connectivity index (χ3n) is 5.74. The van der Waals surface area contributed by atoms with E-state index < -0.39 is 0 Å². The van der Waals surface area contributed by atoms with Crippen molar-refractivity contribution in [2.45, 2.75) is 65.3 Å².